The van der Waals surface area contributed by atoms with Crippen LogP contribution in [0.25, 0.3) is 0 Å². The summed E-state index contributed by atoms with van der Waals surface area (Å²) in [7, 11) is 0. The second-order valence-electron chi connectivity index (χ2n) is 11.4. The molecule has 0 aromatic rings. The Morgan fingerprint density at radius 1 is 1.03 bits per heavy atom. The van der Waals surface area contributed by atoms with Crippen molar-refractivity contribution in [1.29, 1.82) is 0 Å². The van der Waals surface area contributed by atoms with E-state index in [2.05, 4.69) is 19.9 Å². The fourth-order valence-electron chi connectivity index (χ4n) is 7.87. The van der Waals surface area contributed by atoms with Crippen molar-refractivity contribution in [1.82, 2.24) is 0 Å². The van der Waals surface area contributed by atoms with Crippen molar-refractivity contribution in [2.75, 3.05) is 0 Å². The Hall–Kier alpha value is -1.32. The maximum absolute atomic E-state index is 12.6. The van der Waals surface area contributed by atoms with Gasteiger partial charge < -0.3 is 29.9 Å². The number of Topliss-reactive ketones (excluding diaryl/α,β-unsaturated/α-hetero) is 1. The highest BCUT2D eigenvalue weighted by molar-refractivity contribution is 5.87. The molecule has 184 valence electrons. The van der Waals surface area contributed by atoms with Crippen LogP contribution >= 0.6 is 0 Å². The maximum atomic E-state index is 12.6. The van der Waals surface area contributed by atoms with Gasteiger partial charge >= 0.3 is 5.97 Å². The van der Waals surface area contributed by atoms with Gasteiger partial charge in [0.2, 0.25) is 0 Å². The Labute approximate surface area is 194 Å². The number of aliphatic hydroxyl groups excluding tert-OH is 3. The topological polar surface area (TPSA) is 134 Å². The van der Waals surface area contributed by atoms with E-state index >= 15 is 0 Å². The van der Waals surface area contributed by atoms with E-state index in [0.717, 1.165) is 44.9 Å². The Morgan fingerprint density at radius 3 is 2.45 bits per heavy atom. The quantitative estimate of drug-likeness (QED) is 0.465. The summed E-state index contributed by atoms with van der Waals surface area (Å²) in [6, 6.07) is 0. The Kier molecular flexibility index (Phi) is 5.77. The average molecular weight is 465 g/mol. The van der Waals surface area contributed by atoms with E-state index in [1.807, 2.05) is 0 Å². The van der Waals surface area contributed by atoms with Crippen molar-refractivity contribution < 1.29 is 39.5 Å². The van der Waals surface area contributed by atoms with E-state index in [4.69, 9.17) is 9.47 Å². The molecule has 4 fully saturated rings. The second kappa shape index (κ2) is 8.12. The molecule has 1 aliphatic heterocycles. The molecule has 1 heterocycles. The predicted molar refractivity (Wildman–Crippen MR) is 116 cm³/mol. The van der Waals surface area contributed by atoms with E-state index in [1.54, 1.807) is 0 Å². The highest BCUT2D eigenvalue weighted by Gasteiger charge is 2.59. The number of carboxylic acids is 1. The number of hydrogen-bond acceptors (Lipinski definition) is 7. The lowest BCUT2D eigenvalue weighted by molar-refractivity contribution is -0.306. The minimum absolute atomic E-state index is 0.0566. The third kappa shape index (κ3) is 3.52. The predicted octanol–water partition coefficient (Wildman–Crippen LogP) is 1.80. The van der Waals surface area contributed by atoms with E-state index in [1.165, 1.54) is 5.57 Å². The average Bonchev–Trinajstić information content (AvgIpc) is 3.08. The highest BCUT2D eigenvalue weighted by Crippen LogP contribution is 2.64. The molecule has 0 unspecified atom stereocenters. The van der Waals surface area contributed by atoms with Crippen molar-refractivity contribution in [3.63, 3.8) is 0 Å². The summed E-state index contributed by atoms with van der Waals surface area (Å²) in [4.78, 5) is 24.0. The summed E-state index contributed by atoms with van der Waals surface area (Å²) in [5, 5.41) is 39.6. The molecule has 11 atom stereocenters. The van der Waals surface area contributed by atoms with Gasteiger partial charge in [0, 0.05) is 11.8 Å². The number of hydrogen-bond donors (Lipinski definition) is 4. The van der Waals surface area contributed by atoms with Gasteiger partial charge in [-0.15, -0.1) is 0 Å². The lowest BCUT2D eigenvalue weighted by Gasteiger charge is -2.57. The first kappa shape index (κ1) is 23.4. The van der Waals surface area contributed by atoms with Crippen LogP contribution in [-0.2, 0) is 19.1 Å². The van der Waals surface area contributed by atoms with Crippen LogP contribution in [-0.4, -0.2) is 69.0 Å². The first-order valence-corrected chi connectivity index (χ1v) is 12.4. The van der Waals surface area contributed by atoms with Gasteiger partial charge in [0.15, 0.2) is 12.4 Å². The third-order valence-corrected chi connectivity index (χ3v) is 9.91. The molecule has 0 radical (unpaired) electrons. The van der Waals surface area contributed by atoms with Crippen molar-refractivity contribution in [2.24, 2.45) is 28.6 Å². The monoisotopic (exact) mass is 464 g/mol. The lowest BCUT2D eigenvalue weighted by Crippen LogP contribution is -2.61. The molecule has 5 aliphatic rings. The normalized spacial score (nSPS) is 51.8. The van der Waals surface area contributed by atoms with Crippen LogP contribution in [0.2, 0.25) is 0 Å². The Morgan fingerprint density at radius 2 is 1.73 bits per heavy atom. The van der Waals surface area contributed by atoms with Crippen LogP contribution in [0.1, 0.15) is 65.2 Å². The van der Waals surface area contributed by atoms with Gasteiger partial charge in [-0.05, 0) is 68.1 Å². The molecule has 4 aliphatic carbocycles. The second-order valence-corrected chi connectivity index (χ2v) is 11.4. The molecular weight excluding hydrogens is 428 g/mol. The Balaban J connectivity index is 1.30. The molecular formula is C25H36O8. The van der Waals surface area contributed by atoms with Crippen LogP contribution < -0.4 is 0 Å². The first-order chi connectivity index (χ1) is 15.6. The molecule has 4 N–H and O–H groups in total. The van der Waals surface area contributed by atoms with Crippen molar-refractivity contribution >= 4 is 11.8 Å². The molecule has 33 heavy (non-hydrogen) atoms. The summed E-state index contributed by atoms with van der Waals surface area (Å²) >= 11 is 0. The number of carbonyl (C=O) groups excluding carboxylic acids is 1. The standard InChI is InChI=1S/C25H36O8/c1-24-9-7-13(32-23-20(29)18(27)19(28)21(33-23)22(30)31)11-12(24)3-4-14-15-5-6-17(26)25(15,2)10-8-16(14)24/h3,13-16,18-21,23,27-29H,4-11H2,1-2H3,(H,30,31)/t13-,14+,15-,16+,18-,19-,20+,21-,23+,24-,25-/m0/s1. The third-order valence-electron chi connectivity index (χ3n) is 9.91. The number of carboxylic acid groups (broad SMARTS) is 1. The van der Waals surface area contributed by atoms with Gasteiger partial charge in [-0.25, -0.2) is 4.79 Å². The largest absolute Gasteiger partial charge is 0.479 e. The number of ether oxygens (including phenoxy) is 2. The molecule has 8 heteroatoms. The number of rotatable bonds is 3. The summed E-state index contributed by atoms with van der Waals surface area (Å²) in [6.07, 6.45) is 1.28. The number of fused-ring (bicyclic) bond motifs is 5. The smallest absolute Gasteiger partial charge is 0.335 e. The minimum Gasteiger partial charge on any atom is -0.479 e. The van der Waals surface area contributed by atoms with Gasteiger partial charge in [0.05, 0.1) is 6.10 Å². The summed E-state index contributed by atoms with van der Waals surface area (Å²) in [5.41, 5.74) is 1.25. The van der Waals surface area contributed by atoms with E-state index in [-0.39, 0.29) is 16.9 Å². The zero-order chi connectivity index (χ0) is 23.7. The van der Waals surface area contributed by atoms with Crippen molar-refractivity contribution in [3.05, 3.63) is 11.6 Å². The molecule has 0 aromatic carbocycles. The van der Waals surface area contributed by atoms with E-state index < -0.39 is 36.7 Å². The van der Waals surface area contributed by atoms with Crippen molar-refractivity contribution in [3.8, 4) is 0 Å². The lowest BCUT2D eigenvalue weighted by atomic mass is 9.48. The Bertz CT molecular complexity index is 855. The SMILES string of the molecule is C[C@]12CC[C@H](O[C@@H]3O[C@H](C(=O)O)[C@@H](O)[C@H](O)[C@H]3O)CC1=CC[C@H]1[C@H]2CC[C@]2(C)C(=O)CC[C@@H]12. The number of ketones is 1. The minimum atomic E-state index is -1.72. The zero-order valence-electron chi connectivity index (χ0n) is 19.4. The fraction of sp³-hybridized carbons (Fsp3) is 0.840. The van der Waals surface area contributed by atoms with Crippen LogP contribution in [0.15, 0.2) is 11.6 Å². The van der Waals surface area contributed by atoms with Crippen LogP contribution in [0, 0.1) is 28.6 Å². The van der Waals surface area contributed by atoms with Crippen LogP contribution in [0.3, 0.4) is 0 Å². The zero-order valence-corrected chi connectivity index (χ0v) is 19.4. The van der Waals surface area contributed by atoms with Crippen LogP contribution in [0.4, 0.5) is 0 Å². The van der Waals surface area contributed by atoms with Gasteiger partial charge in [0.25, 0.3) is 0 Å². The van der Waals surface area contributed by atoms with Crippen LogP contribution in [0.5, 0.6) is 0 Å². The van der Waals surface area contributed by atoms with Crippen molar-refractivity contribution in [2.45, 2.75) is 102 Å². The molecule has 5 rings (SSSR count). The molecule has 0 aromatic heterocycles. The van der Waals surface area contributed by atoms with E-state index in [9.17, 15) is 30.0 Å². The molecule has 1 saturated heterocycles. The molecule has 0 bridgehead atoms. The molecule has 0 amide bonds. The molecule has 3 saturated carbocycles. The maximum Gasteiger partial charge on any atom is 0.335 e. The first-order valence-electron chi connectivity index (χ1n) is 12.4. The summed E-state index contributed by atoms with van der Waals surface area (Å²) in [5.74, 6) is 0.596. The van der Waals surface area contributed by atoms with E-state index in [0.29, 0.717) is 30.0 Å². The fourth-order valence-corrected chi connectivity index (χ4v) is 7.87. The summed E-state index contributed by atoms with van der Waals surface area (Å²) < 4.78 is 11.3. The van der Waals surface area contributed by atoms with Gasteiger partial charge in [0.1, 0.15) is 24.1 Å². The van der Waals surface area contributed by atoms with Gasteiger partial charge in [-0.1, -0.05) is 25.5 Å². The number of aliphatic carboxylic acids is 1. The highest BCUT2D eigenvalue weighted by atomic mass is 16.7. The molecule has 0 spiro atoms. The number of allylic oxidation sites excluding steroid dienone is 1. The molecule has 8 nitrogen and oxygen atoms in total. The number of carbonyl (C=O) groups is 2. The van der Waals surface area contributed by atoms with Gasteiger partial charge in [-0.2, -0.15) is 0 Å². The number of aliphatic hydroxyl groups is 3. The summed E-state index contributed by atoms with van der Waals surface area (Å²) in [6.45, 7) is 4.53. The van der Waals surface area contributed by atoms with Gasteiger partial charge in [-0.3, -0.25) is 4.79 Å².